The van der Waals surface area contributed by atoms with E-state index in [1.54, 1.807) is 6.07 Å². The monoisotopic (exact) mass is 268 g/mol. The molecule has 2 aliphatic rings. The topological polar surface area (TPSA) is 63.6 Å². The summed E-state index contributed by atoms with van der Waals surface area (Å²) in [6, 6.07) is 5.44. The Morgan fingerprint density at radius 2 is 2.11 bits per heavy atom. The molecule has 5 heteroatoms. The van der Waals surface area contributed by atoms with E-state index in [-0.39, 0.29) is 17.8 Å². The van der Waals surface area contributed by atoms with Crippen LogP contribution in [0.4, 0.5) is 0 Å². The van der Waals surface area contributed by atoms with E-state index in [4.69, 9.17) is 4.74 Å². The van der Waals surface area contributed by atoms with Crippen LogP contribution in [0, 0.1) is 0 Å². The highest BCUT2D eigenvalue weighted by Gasteiger charge is 2.40. The van der Waals surface area contributed by atoms with Gasteiger partial charge in [0.1, 0.15) is 0 Å². The summed E-state index contributed by atoms with van der Waals surface area (Å²) in [6.45, 7) is 1.06. The molecule has 0 spiro atoms. The molecule has 1 aromatic rings. The Bertz CT molecular complexity index is 567. The molecule has 4 nitrogen and oxygen atoms in total. The highest BCUT2D eigenvalue weighted by molar-refractivity contribution is 7.91. The summed E-state index contributed by atoms with van der Waals surface area (Å²) in [7, 11) is -3.09. The molecule has 0 aromatic heterocycles. The zero-order valence-corrected chi connectivity index (χ0v) is 10.9. The highest BCUT2D eigenvalue weighted by atomic mass is 32.2. The van der Waals surface area contributed by atoms with E-state index in [1.807, 2.05) is 12.1 Å². The van der Waals surface area contributed by atoms with Crippen LogP contribution in [0.5, 0.6) is 0 Å². The van der Waals surface area contributed by atoms with Crippen LogP contribution in [0.3, 0.4) is 0 Å². The fourth-order valence-electron chi connectivity index (χ4n) is 2.67. The minimum atomic E-state index is -3.09. The summed E-state index contributed by atoms with van der Waals surface area (Å²) in [5.41, 5.74) is 1.56. The van der Waals surface area contributed by atoms with Gasteiger partial charge in [-0.2, -0.15) is 0 Å². The van der Waals surface area contributed by atoms with Gasteiger partial charge in [0, 0.05) is 0 Å². The van der Waals surface area contributed by atoms with Gasteiger partial charge >= 0.3 is 0 Å². The molecule has 0 atom stereocenters. The molecule has 0 aliphatic carbocycles. The number of hydrogen-bond acceptors (Lipinski definition) is 4. The van der Waals surface area contributed by atoms with E-state index in [0.717, 1.165) is 17.5 Å². The average molecular weight is 268 g/mol. The first-order chi connectivity index (χ1) is 8.57. The normalized spacial score (nSPS) is 24.1. The van der Waals surface area contributed by atoms with Gasteiger partial charge in [-0.3, -0.25) is 0 Å². The predicted octanol–water partition coefficient (Wildman–Crippen LogP) is 0.667. The Labute approximate surface area is 107 Å². The van der Waals surface area contributed by atoms with E-state index < -0.39 is 9.84 Å². The lowest BCUT2D eigenvalue weighted by molar-refractivity contribution is -0.0842. The minimum Gasteiger partial charge on any atom is -0.395 e. The lowest BCUT2D eigenvalue weighted by Gasteiger charge is -2.40. The first-order valence-electron chi connectivity index (χ1n) is 6.12. The van der Waals surface area contributed by atoms with Crippen molar-refractivity contribution in [3.05, 3.63) is 29.3 Å². The van der Waals surface area contributed by atoms with Gasteiger partial charge in [0.05, 0.1) is 35.9 Å². The van der Waals surface area contributed by atoms with Crippen molar-refractivity contribution in [1.29, 1.82) is 0 Å². The molecule has 18 heavy (non-hydrogen) atoms. The maximum Gasteiger partial charge on any atom is 0.178 e. The molecule has 2 aliphatic heterocycles. The number of ether oxygens (including phenoxy) is 1. The minimum absolute atomic E-state index is 0.0402. The molecule has 0 saturated carbocycles. The number of fused-ring (bicyclic) bond motifs is 1. The summed E-state index contributed by atoms with van der Waals surface area (Å²) in [6.07, 6.45) is 1.48. The molecular formula is C13H16O4S. The summed E-state index contributed by atoms with van der Waals surface area (Å²) in [4.78, 5) is 0.464. The lowest BCUT2D eigenvalue weighted by atomic mass is 9.79. The van der Waals surface area contributed by atoms with Crippen LogP contribution in [0.25, 0.3) is 0 Å². The molecule has 0 amide bonds. The first-order valence-corrected chi connectivity index (χ1v) is 7.77. The number of benzene rings is 1. The summed E-state index contributed by atoms with van der Waals surface area (Å²) in [5, 5.41) is 9.50. The molecule has 0 unspecified atom stereocenters. The maximum atomic E-state index is 11.9. The third kappa shape index (κ3) is 1.69. The lowest BCUT2D eigenvalue weighted by Crippen LogP contribution is -2.49. The van der Waals surface area contributed by atoms with E-state index in [9.17, 15) is 13.5 Å². The molecule has 2 heterocycles. The fraction of sp³-hybridized carbons (Fsp3) is 0.538. The summed E-state index contributed by atoms with van der Waals surface area (Å²) in [5.74, 6) is 0.244. The van der Waals surface area contributed by atoms with Crippen molar-refractivity contribution >= 4 is 9.84 Å². The van der Waals surface area contributed by atoms with Crippen LogP contribution in [0.2, 0.25) is 0 Å². The Balaban J connectivity index is 2.07. The molecule has 1 saturated heterocycles. The maximum absolute atomic E-state index is 11.9. The third-order valence-electron chi connectivity index (χ3n) is 3.93. The fourth-order valence-corrected chi connectivity index (χ4v) is 4.25. The number of rotatable bonds is 2. The molecule has 1 fully saturated rings. The number of aliphatic hydroxyl groups is 1. The van der Waals surface area contributed by atoms with Crippen LogP contribution in [-0.2, 0) is 26.4 Å². The van der Waals surface area contributed by atoms with Crippen molar-refractivity contribution in [2.24, 2.45) is 0 Å². The Morgan fingerprint density at radius 1 is 1.33 bits per heavy atom. The number of aliphatic hydroxyl groups excluding tert-OH is 1. The largest absolute Gasteiger partial charge is 0.395 e. The zero-order valence-electron chi connectivity index (χ0n) is 10.1. The molecule has 98 valence electrons. The van der Waals surface area contributed by atoms with Gasteiger partial charge in [-0.1, -0.05) is 12.1 Å². The van der Waals surface area contributed by atoms with Crippen molar-refractivity contribution < 1.29 is 18.3 Å². The Morgan fingerprint density at radius 3 is 2.72 bits per heavy atom. The van der Waals surface area contributed by atoms with Gasteiger partial charge in [-0.25, -0.2) is 8.42 Å². The standard InChI is InChI=1S/C13H16O4S/c14-7-13(8-17-9-13)11-3-4-12-10(6-11)2-1-5-18(12,15)16/h3-4,6,14H,1-2,5,7-9H2. The van der Waals surface area contributed by atoms with Crippen molar-refractivity contribution in [3.63, 3.8) is 0 Å². The summed E-state index contributed by atoms with van der Waals surface area (Å²) < 4.78 is 29.0. The molecule has 1 N–H and O–H groups in total. The van der Waals surface area contributed by atoms with Crippen LogP contribution < -0.4 is 0 Å². The van der Waals surface area contributed by atoms with Crippen LogP contribution in [0.15, 0.2) is 23.1 Å². The van der Waals surface area contributed by atoms with Gasteiger partial charge in [-0.05, 0) is 30.0 Å². The Hall–Kier alpha value is -0.910. The van der Waals surface area contributed by atoms with Crippen LogP contribution in [-0.4, -0.2) is 39.1 Å². The highest BCUT2D eigenvalue weighted by Crippen LogP contribution is 2.35. The summed E-state index contributed by atoms with van der Waals surface area (Å²) >= 11 is 0. The number of hydrogen-bond donors (Lipinski definition) is 1. The quantitative estimate of drug-likeness (QED) is 0.856. The van der Waals surface area contributed by atoms with Gasteiger partial charge in [0.25, 0.3) is 0 Å². The van der Waals surface area contributed by atoms with E-state index in [1.165, 1.54) is 0 Å². The van der Waals surface area contributed by atoms with Crippen LogP contribution >= 0.6 is 0 Å². The molecule has 0 bridgehead atoms. The van der Waals surface area contributed by atoms with Gasteiger partial charge < -0.3 is 9.84 Å². The van der Waals surface area contributed by atoms with Gasteiger partial charge in [0.2, 0.25) is 0 Å². The first kappa shape index (κ1) is 12.1. The van der Waals surface area contributed by atoms with Crippen molar-refractivity contribution in [3.8, 4) is 0 Å². The molecule has 3 rings (SSSR count). The SMILES string of the molecule is O=S1(=O)CCCc2cc(C3(CO)COC3)ccc21. The zero-order chi connectivity index (χ0) is 12.8. The second-order valence-corrected chi connectivity index (χ2v) is 7.25. The van der Waals surface area contributed by atoms with Gasteiger partial charge in [0.15, 0.2) is 9.84 Å². The third-order valence-corrected chi connectivity index (χ3v) is 5.82. The van der Waals surface area contributed by atoms with E-state index in [0.29, 0.717) is 24.5 Å². The van der Waals surface area contributed by atoms with Crippen molar-refractivity contribution in [2.45, 2.75) is 23.2 Å². The Kier molecular flexibility index (Phi) is 2.73. The van der Waals surface area contributed by atoms with E-state index >= 15 is 0 Å². The van der Waals surface area contributed by atoms with Crippen LogP contribution in [0.1, 0.15) is 17.5 Å². The van der Waals surface area contributed by atoms with Gasteiger partial charge in [-0.15, -0.1) is 0 Å². The average Bonchev–Trinajstić information content (AvgIpc) is 2.27. The number of aryl methyl sites for hydroxylation is 1. The number of sulfone groups is 1. The molecule has 1 aromatic carbocycles. The molecular weight excluding hydrogens is 252 g/mol. The van der Waals surface area contributed by atoms with Crippen molar-refractivity contribution in [2.75, 3.05) is 25.6 Å². The van der Waals surface area contributed by atoms with E-state index in [2.05, 4.69) is 0 Å². The molecule has 0 radical (unpaired) electrons. The predicted molar refractivity (Wildman–Crippen MR) is 66.4 cm³/mol. The second-order valence-electron chi connectivity index (χ2n) is 5.18. The smallest absolute Gasteiger partial charge is 0.178 e. The second kappa shape index (κ2) is 4.05. The van der Waals surface area contributed by atoms with Crippen molar-refractivity contribution in [1.82, 2.24) is 0 Å².